The second-order valence-electron chi connectivity index (χ2n) is 3.54. The van der Waals surface area contributed by atoms with Gasteiger partial charge in [0, 0.05) is 37.4 Å². The van der Waals surface area contributed by atoms with Crippen molar-refractivity contribution >= 4 is 5.69 Å². The van der Waals surface area contributed by atoms with Gasteiger partial charge in [-0.3, -0.25) is 0 Å². The Morgan fingerprint density at radius 3 is 2.20 bits per heavy atom. The quantitative estimate of drug-likeness (QED) is 0.803. The van der Waals surface area contributed by atoms with Crippen molar-refractivity contribution in [2.45, 2.75) is 0 Å². The van der Waals surface area contributed by atoms with E-state index in [1.165, 1.54) is 12.1 Å². The molecule has 0 aromatic heterocycles. The highest BCUT2D eigenvalue weighted by molar-refractivity contribution is 5.49. The SMILES string of the molecule is F[C](F)c1ccc(N2CCNCC2)cc1. The highest BCUT2D eigenvalue weighted by atomic mass is 19.3. The van der Waals surface area contributed by atoms with E-state index in [-0.39, 0.29) is 5.56 Å². The summed E-state index contributed by atoms with van der Waals surface area (Å²) in [4.78, 5) is 2.19. The van der Waals surface area contributed by atoms with Crippen LogP contribution in [-0.2, 0) is 0 Å². The van der Waals surface area contributed by atoms with Crippen LogP contribution in [0, 0.1) is 6.43 Å². The molecule has 1 aliphatic heterocycles. The van der Waals surface area contributed by atoms with Gasteiger partial charge in [-0.05, 0) is 12.1 Å². The van der Waals surface area contributed by atoms with Crippen LogP contribution in [0.1, 0.15) is 5.56 Å². The van der Waals surface area contributed by atoms with Gasteiger partial charge in [-0.2, -0.15) is 8.78 Å². The number of halogens is 2. The fourth-order valence-electron chi connectivity index (χ4n) is 1.72. The summed E-state index contributed by atoms with van der Waals surface area (Å²) in [6.45, 7) is 3.76. The van der Waals surface area contributed by atoms with Crippen LogP contribution in [0.25, 0.3) is 0 Å². The molecule has 1 saturated heterocycles. The molecule has 1 aromatic rings. The molecule has 1 radical (unpaired) electrons. The molecular formula is C11H13F2N2. The third kappa shape index (κ3) is 2.45. The Labute approximate surface area is 87.9 Å². The number of anilines is 1. The lowest BCUT2D eigenvalue weighted by atomic mass is 10.2. The molecule has 1 fully saturated rings. The molecule has 1 heterocycles. The third-order valence-electron chi connectivity index (χ3n) is 2.57. The van der Waals surface area contributed by atoms with Crippen molar-refractivity contribution in [1.29, 1.82) is 0 Å². The Bertz CT molecular complexity index is 305. The minimum absolute atomic E-state index is 0.00823. The first-order chi connectivity index (χ1) is 7.27. The minimum Gasteiger partial charge on any atom is -0.369 e. The molecule has 0 atom stereocenters. The molecule has 4 heteroatoms. The zero-order valence-corrected chi connectivity index (χ0v) is 8.34. The van der Waals surface area contributed by atoms with Gasteiger partial charge in [0.25, 0.3) is 0 Å². The maximum Gasteiger partial charge on any atom is 0.339 e. The molecule has 0 bridgehead atoms. The number of benzene rings is 1. The van der Waals surface area contributed by atoms with Crippen LogP contribution in [0.15, 0.2) is 24.3 Å². The summed E-state index contributed by atoms with van der Waals surface area (Å²) in [5, 5.41) is 3.25. The van der Waals surface area contributed by atoms with Gasteiger partial charge in [0.15, 0.2) is 0 Å². The van der Waals surface area contributed by atoms with Gasteiger partial charge in [0.1, 0.15) is 0 Å². The van der Waals surface area contributed by atoms with E-state index in [1.807, 2.05) is 0 Å². The van der Waals surface area contributed by atoms with E-state index in [1.54, 1.807) is 12.1 Å². The molecule has 0 unspecified atom stereocenters. The average molecular weight is 211 g/mol. The van der Waals surface area contributed by atoms with Crippen LogP contribution in [0.4, 0.5) is 14.5 Å². The van der Waals surface area contributed by atoms with Crippen molar-refractivity contribution in [2.24, 2.45) is 0 Å². The first kappa shape index (κ1) is 10.4. The number of nitrogens with zero attached hydrogens (tertiary/aromatic N) is 1. The van der Waals surface area contributed by atoms with Gasteiger partial charge in [0.2, 0.25) is 0 Å². The second kappa shape index (κ2) is 4.57. The molecule has 1 aliphatic rings. The molecule has 0 aliphatic carbocycles. The van der Waals surface area contributed by atoms with E-state index in [4.69, 9.17) is 0 Å². The van der Waals surface area contributed by atoms with Gasteiger partial charge in [-0.15, -0.1) is 0 Å². The van der Waals surface area contributed by atoms with Crippen molar-refractivity contribution in [2.75, 3.05) is 31.1 Å². The summed E-state index contributed by atoms with van der Waals surface area (Å²) >= 11 is 0. The van der Waals surface area contributed by atoms with E-state index in [0.29, 0.717) is 0 Å². The lowest BCUT2D eigenvalue weighted by molar-refractivity contribution is 0.325. The average Bonchev–Trinajstić information content (AvgIpc) is 2.30. The van der Waals surface area contributed by atoms with Crippen LogP contribution in [0.2, 0.25) is 0 Å². The molecule has 0 saturated carbocycles. The maximum atomic E-state index is 12.2. The standard InChI is InChI=1S/C11H13F2N2/c12-11(13)9-1-3-10(4-2-9)15-7-5-14-6-8-15/h1-4,14H,5-8H2. The van der Waals surface area contributed by atoms with Crippen LogP contribution in [0.5, 0.6) is 0 Å². The van der Waals surface area contributed by atoms with E-state index in [2.05, 4.69) is 10.2 Å². The Morgan fingerprint density at radius 1 is 1.07 bits per heavy atom. The van der Waals surface area contributed by atoms with Crippen LogP contribution >= 0.6 is 0 Å². The predicted molar refractivity (Wildman–Crippen MR) is 56.1 cm³/mol. The monoisotopic (exact) mass is 211 g/mol. The van der Waals surface area contributed by atoms with Gasteiger partial charge >= 0.3 is 6.43 Å². The Hall–Kier alpha value is -1.16. The van der Waals surface area contributed by atoms with Crippen molar-refractivity contribution in [1.82, 2.24) is 5.32 Å². The third-order valence-corrected chi connectivity index (χ3v) is 2.57. The van der Waals surface area contributed by atoms with Crippen molar-refractivity contribution in [3.8, 4) is 0 Å². The summed E-state index contributed by atoms with van der Waals surface area (Å²) in [5.41, 5.74) is 1.02. The number of hydrogen-bond acceptors (Lipinski definition) is 2. The summed E-state index contributed by atoms with van der Waals surface area (Å²) in [6.07, 6.45) is -1.62. The van der Waals surface area contributed by atoms with Crippen molar-refractivity contribution < 1.29 is 8.78 Å². The maximum absolute atomic E-state index is 12.2. The number of hydrogen-bond donors (Lipinski definition) is 1. The topological polar surface area (TPSA) is 15.3 Å². The van der Waals surface area contributed by atoms with Gasteiger partial charge in [-0.1, -0.05) is 12.1 Å². The minimum atomic E-state index is -1.62. The highest BCUT2D eigenvalue weighted by Crippen LogP contribution is 2.21. The molecule has 0 spiro atoms. The molecular weight excluding hydrogens is 198 g/mol. The van der Waals surface area contributed by atoms with Crippen LogP contribution < -0.4 is 10.2 Å². The largest absolute Gasteiger partial charge is 0.369 e. The molecule has 2 rings (SSSR count). The Balaban J connectivity index is 2.08. The van der Waals surface area contributed by atoms with E-state index in [9.17, 15) is 8.78 Å². The normalized spacial score (nSPS) is 17.1. The Kier molecular flexibility index (Phi) is 3.16. The van der Waals surface area contributed by atoms with Gasteiger partial charge in [0.05, 0.1) is 0 Å². The fraction of sp³-hybridized carbons (Fsp3) is 0.364. The summed E-state index contributed by atoms with van der Waals surface area (Å²) in [5.74, 6) is 0. The summed E-state index contributed by atoms with van der Waals surface area (Å²) in [7, 11) is 0. The zero-order chi connectivity index (χ0) is 10.7. The molecule has 0 amide bonds. The van der Waals surface area contributed by atoms with Crippen molar-refractivity contribution in [3.05, 3.63) is 36.3 Å². The molecule has 81 valence electrons. The predicted octanol–water partition coefficient (Wildman–Crippen LogP) is 1.87. The zero-order valence-electron chi connectivity index (χ0n) is 8.34. The lowest BCUT2D eigenvalue weighted by Gasteiger charge is -2.29. The first-order valence-electron chi connectivity index (χ1n) is 5.01. The van der Waals surface area contributed by atoms with Crippen molar-refractivity contribution in [3.63, 3.8) is 0 Å². The molecule has 1 aromatic carbocycles. The second-order valence-corrected chi connectivity index (χ2v) is 3.54. The van der Waals surface area contributed by atoms with Gasteiger partial charge in [-0.25, -0.2) is 0 Å². The lowest BCUT2D eigenvalue weighted by Crippen LogP contribution is -2.43. The van der Waals surface area contributed by atoms with Crippen LogP contribution in [0.3, 0.4) is 0 Å². The fourth-order valence-corrected chi connectivity index (χ4v) is 1.72. The summed E-state index contributed by atoms with van der Waals surface area (Å²) < 4.78 is 24.5. The number of piperazine rings is 1. The van der Waals surface area contributed by atoms with E-state index in [0.717, 1.165) is 31.9 Å². The first-order valence-corrected chi connectivity index (χ1v) is 5.01. The van der Waals surface area contributed by atoms with Crippen LogP contribution in [-0.4, -0.2) is 26.2 Å². The van der Waals surface area contributed by atoms with E-state index >= 15 is 0 Å². The van der Waals surface area contributed by atoms with Gasteiger partial charge < -0.3 is 10.2 Å². The van der Waals surface area contributed by atoms with E-state index < -0.39 is 6.43 Å². The number of nitrogens with one attached hydrogen (secondary N) is 1. The number of rotatable bonds is 2. The smallest absolute Gasteiger partial charge is 0.339 e. The Morgan fingerprint density at radius 2 is 1.67 bits per heavy atom. The summed E-state index contributed by atoms with van der Waals surface area (Å²) in [6, 6.07) is 6.43. The molecule has 2 nitrogen and oxygen atoms in total. The molecule has 15 heavy (non-hydrogen) atoms. The molecule has 1 N–H and O–H groups in total. The highest BCUT2D eigenvalue weighted by Gasteiger charge is 2.12.